The molecule has 2 rings (SSSR count). The lowest BCUT2D eigenvalue weighted by molar-refractivity contribution is -0.122. The number of benzene rings is 1. The van der Waals surface area contributed by atoms with Gasteiger partial charge in [-0.25, -0.2) is 0 Å². The zero-order valence-corrected chi connectivity index (χ0v) is 12.9. The van der Waals surface area contributed by atoms with Crippen LogP contribution in [-0.4, -0.2) is 21.6 Å². The van der Waals surface area contributed by atoms with Crippen LogP contribution < -0.4 is 5.32 Å². The van der Waals surface area contributed by atoms with Crippen molar-refractivity contribution in [3.63, 3.8) is 0 Å². The average Bonchev–Trinajstić information content (AvgIpc) is 2.84. The summed E-state index contributed by atoms with van der Waals surface area (Å²) in [6.07, 6.45) is 0.785. The number of hydrogen-bond donors (Lipinski definition) is 1. The molecule has 21 heavy (non-hydrogen) atoms. The molecule has 0 aliphatic heterocycles. The van der Waals surface area contributed by atoms with Gasteiger partial charge in [0.2, 0.25) is 17.7 Å². The smallest absolute Gasteiger partial charge is 0.247 e. The maximum absolute atomic E-state index is 11.7. The second-order valence-electron chi connectivity index (χ2n) is 6.17. The highest BCUT2D eigenvalue weighted by molar-refractivity contribution is 5.76. The fourth-order valence-electron chi connectivity index (χ4n) is 1.87. The van der Waals surface area contributed by atoms with Crippen LogP contribution in [0.1, 0.15) is 38.6 Å². The molecule has 0 unspecified atom stereocenters. The van der Waals surface area contributed by atoms with Gasteiger partial charge in [-0.1, -0.05) is 17.7 Å². The number of aryl methyl sites for hydroxylation is 2. The first-order chi connectivity index (χ1) is 9.83. The Morgan fingerprint density at radius 2 is 1.86 bits per heavy atom. The van der Waals surface area contributed by atoms with E-state index in [0.29, 0.717) is 24.6 Å². The molecule has 0 saturated carbocycles. The summed E-state index contributed by atoms with van der Waals surface area (Å²) in [7, 11) is 0. The summed E-state index contributed by atoms with van der Waals surface area (Å²) < 4.78 is 5.59. The Morgan fingerprint density at radius 3 is 2.48 bits per heavy atom. The molecule has 2 aromatic rings. The van der Waals surface area contributed by atoms with E-state index in [1.54, 1.807) is 0 Å². The van der Waals surface area contributed by atoms with Gasteiger partial charge in [-0.15, -0.1) is 10.2 Å². The lowest BCUT2D eigenvalue weighted by Crippen LogP contribution is -2.40. The number of nitrogens with zero attached hydrogens (tertiary/aromatic N) is 2. The Morgan fingerprint density at radius 1 is 1.19 bits per heavy atom. The standard InChI is InChI=1S/C16H21N3O2/c1-11-5-7-12(8-6-11)15-19-18-14(21-15)10-9-13(20)17-16(2,3)4/h5-8H,9-10H2,1-4H3,(H,17,20). The summed E-state index contributed by atoms with van der Waals surface area (Å²) in [5.74, 6) is 0.952. The van der Waals surface area contributed by atoms with Crippen molar-refractivity contribution >= 4 is 5.91 Å². The van der Waals surface area contributed by atoms with Crippen LogP contribution in [-0.2, 0) is 11.2 Å². The summed E-state index contributed by atoms with van der Waals surface area (Å²) in [6, 6.07) is 7.88. The monoisotopic (exact) mass is 287 g/mol. The van der Waals surface area contributed by atoms with Gasteiger partial charge in [0, 0.05) is 23.9 Å². The van der Waals surface area contributed by atoms with Crippen molar-refractivity contribution in [3.05, 3.63) is 35.7 Å². The van der Waals surface area contributed by atoms with E-state index >= 15 is 0 Å². The highest BCUT2D eigenvalue weighted by Gasteiger charge is 2.15. The second kappa shape index (κ2) is 6.08. The Bertz CT molecular complexity index is 609. The van der Waals surface area contributed by atoms with Crippen molar-refractivity contribution in [2.45, 2.75) is 46.1 Å². The van der Waals surface area contributed by atoms with Crippen molar-refractivity contribution in [1.82, 2.24) is 15.5 Å². The number of rotatable bonds is 4. The first kappa shape index (κ1) is 15.2. The number of aromatic nitrogens is 2. The van der Waals surface area contributed by atoms with Crippen LogP contribution >= 0.6 is 0 Å². The van der Waals surface area contributed by atoms with Gasteiger partial charge in [0.25, 0.3) is 0 Å². The third-order valence-electron chi connectivity index (χ3n) is 2.85. The minimum atomic E-state index is -0.223. The third-order valence-corrected chi connectivity index (χ3v) is 2.85. The fourth-order valence-corrected chi connectivity index (χ4v) is 1.87. The Balaban J connectivity index is 1.94. The molecule has 0 fully saturated rings. The molecule has 0 saturated heterocycles. The lowest BCUT2D eigenvalue weighted by atomic mass is 10.1. The predicted octanol–water partition coefficient (Wildman–Crippen LogP) is 2.89. The largest absolute Gasteiger partial charge is 0.421 e. The Kier molecular flexibility index (Phi) is 4.40. The fraction of sp³-hybridized carbons (Fsp3) is 0.438. The summed E-state index contributed by atoms with van der Waals surface area (Å²) in [5, 5.41) is 10.9. The Hall–Kier alpha value is -2.17. The van der Waals surface area contributed by atoms with Crippen molar-refractivity contribution in [3.8, 4) is 11.5 Å². The van der Waals surface area contributed by atoms with Gasteiger partial charge in [-0.2, -0.15) is 0 Å². The molecule has 0 atom stereocenters. The first-order valence-corrected chi connectivity index (χ1v) is 7.04. The molecular formula is C16H21N3O2. The Labute approximate surface area is 124 Å². The number of carbonyl (C=O) groups excluding carboxylic acids is 1. The zero-order chi connectivity index (χ0) is 15.5. The molecule has 0 spiro atoms. The predicted molar refractivity (Wildman–Crippen MR) is 80.7 cm³/mol. The molecule has 1 aromatic heterocycles. The van der Waals surface area contributed by atoms with E-state index in [9.17, 15) is 4.79 Å². The molecule has 0 aliphatic carbocycles. The van der Waals surface area contributed by atoms with Crippen molar-refractivity contribution in [2.24, 2.45) is 0 Å². The van der Waals surface area contributed by atoms with Crippen LogP contribution in [0.4, 0.5) is 0 Å². The summed E-state index contributed by atoms with van der Waals surface area (Å²) in [5.41, 5.74) is 1.84. The minimum Gasteiger partial charge on any atom is -0.421 e. The van der Waals surface area contributed by atoms with Crippen molar-refractivity contribution < 1.29 is 9.21 Å². The third kappa shape index (κ3) is 4.70. The molecule has 1 amide bonds. The summed E-state index contributed by atoms with van der Waals surface area (Å²) in [4.78, 5) is 11.7. The highest BCUT2D eigenvalue weighted by Crippen LogP contribution is 2.18. The van der Waals surface area contributed by atoms with Crippen LogP contribution in [0.3, 0.4) is 0 Å². The van der Waals surface area contributed by atoms with Gasteiger partial charge in [0.05, 0.1) is 0 Å². The molecule has 1 heterocycles. The number of nitrogens with one attached hydrogen (secondary N) is 1. The molecular weight excluding hydrogens is 266 g/mol. The topological polar surface area (TPSA) is 68.0 Å². The number of carbonyl (C=O) groups is 1. The van der Waals surface area contributed by atoms with Gasteiger partial charge in [0.1, 0.15) is 0 Å². The molecule has 0 bridgehead atoms. The minimum absolute atomic E-state index is 0.0161. The van der Waals surface area contributed by atoms with Crippen LogP contribution in [0.5, 0.6) is 0 Å². The number of hydrogen-bond acceptors (Lipinski definition) is 4. The van der Waals surface area contributed by atoms with Crippen molar-refractivity contribution in [1.29, 1.82) is 0 Å². The molecule has 0 radical (unpaired) electrons. The highest BCUT2D eigenvalue weighted by atomic mass is 16.4. The molecule has 1 aromatic carbocycles. The van der Waals surface area contributed by atoms with Crippen LogP contribution in [0.25, 0.3) is 11.5 Å². The zero-order valence-electron chi connectivity index (χ0n) is 12.9. The average molecular weight is 287 g/mol. The van der Waals surface area contributed by atoms with Crippen molar-refractivity contribution in [2.75, 3.05) is 0 Å². The van der Waals surface area contributed by atoms with Gasteiger partial charge >= 0.3 is 0 Å². The van der Waals surface area contributed by atoms with E-state index in [1.165, 1.54) is 5.56 Å². The molecule has 5 heteroatoms. The van der Waals surface area contributed by atoms with Crippen LogP contribution in [0, 0.1) is 6.92 Å². The molecule has 112 valence electrons. The van der Waals surface area contributed by atoms with Gasteiger partial charge in [0.15, 0.2) is 0 Å². The van der Waals surface area contributed by atoms with E-state index in [-0.39, 0.29) is 11.4 Å². The SMILES string of the molecule is Cc1ccc(-c2nnc(CCC(=O)NC(C)(C)C)o2)cc1. The van der Waals surface area contributed by atoms with E-state index in [2.05, 4.69) is 15.5 Å². The first-order valence-electron chi connectivity index (χ1n) is 7.04. The number of amides is 1. The summed E-state index contributed by atoms with van der Waals surface area (Å²) in [6.45, 7) is 7.88. The van der Waals surface area contributed by atoms with E-state index in [1.807, 2.05) is 52.0 Å². The maximum Gasteiger partial charge on any atom is 0.247 e. The van der Waals surface area contributed by atoms with E-state index in [0.717, 1.165) is 5.56 Å². The van der Waals surface area contributed by atoms with Crippen LogP contribution in [0.2, 0.25) is 0 Å². The van der Waals surface area contributed by atoms with E-state index in [4.69, 9.17) is 4.42 Å². The molecule has 0 aliphatic rings. The van der Waals surface area contributed by atoms with Crippen LogP contribution in [0.15, 0.2) is 28.7 Å². The quantitative estimate of drug-likeness (QED) is 0.938. The summed E-state index contributed by atoms with van der Waals surface area (Å²) >= 11 is 0. The second-order valence-corrected chi connectivity index (χ2v) is 6.17. The molecule has 1 N–H and O–H groups in total. The van der Waals surface area contributed by atoms with E-state index < -0.39 is 0 Å². The van der Waals surface area contributed by atoms with Gasteiger partial charge in [-0.3, -0.25) is 4.79 Å². The van der Waals surface area contributed by atoms with Gasteiger partial charge < -0.3 is 9.73 Å². The maximum atomic E-state index is 11.7. The normalized spacial score (nSPS) is 11.4. The van der Waals surface area contributed by atoms with Gasteiger partial charge in [-0.05, 0) is 39.8 Å². The lowest BCUT2D eigenvalue weighted by Gasteiger charge is -2.20. The molecule has 5 nitrogen and oxygen atoms in total.